The summed E-state index contributed by atoms with van der Waals surface area (Å²) >= 11 is 0. The summed E-state index contributed by atoms with van der Waals surface area (Å²) in [7, 11) is 0. The third-order valence-electron chi connectivity index (χ3n) is 3.59. The molecule has 6 nitrogen and oxygen atoms in total. The highest BCUT2D eigenvalue weighted by molar-refractivity contribution is 5.93. The Bertz CT molecular complexity index is 480. The van der Waals surface area contributed by atoms with E-state index in [-0.39, 0.29) is 11.5 Å². The number of nitrogens with two attached hydrogens (primary N) is 1. The summed E-state index contributed by atoms with van der Waals surface area (Å²) in [5.41, 5.74) is 5.88. The van der Waals surface area contributed by atoms with E-state index in [2.05, 4.69) is 9.88 Å². The topological polar surface area (TPSA) is 82.4 Å². The smallest absolute Gasteiger partial charge is 0.255 e. The number of aromatic nitrogens is 1. The number of carbonyl (C=O) groups is 1. The lowest BCUT2D eigenvalue weighted by Crippen LogP contribution is -2.35. The quantitative estimate of drug-likeness (QED) is 0.804. The lowest BCUT2D eigenvalue weighted by molar-refractivity contribution is 0.0761. The number of nitrogens with one attached hydrogen (secondary N) is 1. The first-order chi connectivity index (χ1) is 9.70. The Morgan fingerprint density at radius 3 is 2.80 bits per heavy atom. The van der Waals surface area contributed by atoms with Gasteiger partial charge in [-0.3, -0.25) is 9.59 Å². The van der Waals surface area contributed by atoms with Crippen LogP contribution in [0.15, 0.2) is 23.1 Å². The molecule has 0 bridgehead atoms. The summed E-state index contributed by atoms with van der Waals surface area (Å²) in [5, 5.41) is 0. The zero-order valence-electron chi connectivity index (χ0n) is 11.7. The molecule has 3 N–H and O–H groups in total. The summed E-state index contributed by atoms with van der Waals surface area (Å²) in [6.07, 6.45) is 3.45. The number of H-pyrrole nitrogens is 1. The van der Waals surface area contributed by atoms with Crippen molar-refractivity contribution in [2.45, 2.75) is 12.8 Å². The molecule has 6 heteroatoms. The Labute approximate surface area is 118 Å². The predicted octanol–water partition coefficient (Wildman–Crippen LogP) is -0.128. The van der Waals surface area contributed by atoms with Crippen molar-refractivity contribution < 1.29 is 4.79 Å². The van der Waals surface area contributed by atoms with Crippen molar-refractivity contribution in [2.24, 2.45) is 5.73 Å². The lowest BCUT2D eigenvalue weighted by atomic mass is 10.2. The molecule has 0 radical (unpaired) electrons. The third kappa shape index (κ3) is 3.91. The van der Waals surface area contributed by atoms with Crippen molar-refractivity contribution in [1.29, 1.82) is 0 Å². The molecule has 110 valence electrons. The van der Waals surface area contributed by atoms with Gasteiger partial charge in [0.25, 0.3) is 5.91 Å². The monoisotopic (exact) mass is 278 g/mol. The van der Waals surface area contributed by atoms with Crippen molar-refractivity contribution in [3.05, 3.63) is 34.2 Å². The Hall–Kier alpha value is -1.66. The van der Waals surface area contributed by atoms with Gasteiger partial charge < -0.3 is 20.5 Å². The average molecular weight is 278 g/mol. The minimum atomic E-state index is -0.189. The molecular weight excluding hydrogens is 256 g/mol. The fourth-order valence-electron chi connectivity index (χ4n) is 2.44. The normalized spacial score (nSPS) is 16.9. The molecule has 1 aromatic heterocycles. The van der Waals surface area contributed by atoms with Crippen LogP contribution in [0.5, 0.6) is 0 Å². The maximum absolute atomic E-state index is 12.3. The van der Waals surface area contributed by atoms with E-state index in [1.165, 1.54) is 12.3 Å². The van der Waals surface area contributed by atoms with Gasteiger partial charge in [0, 0.05) is 31.9 Å². The van der Waals surface area contributed by atoms with E-state index in [0.29, 0.717) is 12.1 Å². The highest BCUT2D eigenvalue weighted by Crippen LogP contribution is 2.08. The summed E-state index contributed by atoms with van der Waals surface area (Å²) in [5.74, 6) is -0.0121. The zero-order valence-corrected chi connectivity index (χ0v) is 11.7. The van der Waals surface area contributed by atoms with Crippen molar-refractivity contribution in [3.8, 4) is 0 Å². The van der Waals surface area contributed by atoms with Crippen molar-refractivity contribution in [2.75, 3.05) is 39.3 Å². The maximum Gasteiger partial charge on any atom is 0.255 e. The van der Waals surface area contributed by atoms with Crippen LogP contribution in [0.1, 0.15) is 23.2 Å². The fourth-order valence-corrected chi connectivity index (χ4v) is 2.44. The molecule has 0 aromatic carbocycles. The van der Waals surface area contributed by atoms with Gasteiger partial charge in [-0.05, 0) is 38.5 Å². The Morgan fingerprint density at radius 2 is 2.10 bits per heavy atom. The second kappa shape index (κ2) is 7.21. The molecule has 1 amide bonds. The molecule has 20 heavy (non-hydrogen) atoms. The molecule has 2 heterocycles. The van der Waals surface area contributed by atoms with Crippen LogP contribution in [0.2, 0.25) is 0 Å². The molecule has 1 aromatic rings. The van der Waals surface area contributed by atoms with Gasteiger partial charge in [0.15, 0.2) is 0 Å². The molecule has 1 aliphatic heterocycles. The molecule has 0 unspecified atom stereocenters. The second-order valence-electron chi connectivity index (χ2n) is 5.07. The van der Waals surface area contributed by atoms with Crippen molar-refractivity contribution in [3.63, 3.8) is 0 Å². The SMILES string of the molecule is NCCCN1CCCN(C(=O)c2ccc(=O)[nH]c2)CC1. The lowest BCUT2D eigenvalue weighted by Gasteiger charge is -2.21. The number of aromatic amines is 1. The number of hydrogen-bond donors (Lipinski definition) is 2. The number of pyridine rings is 1. The highest BCUT2D eigenvalue weighted by Gasteiger charge is 2.19. The molecule has 2 rings (SSSR count). The minimum Gasteiger partial charge on any atom is -0.337 e. The first kappa shape index (κ1) is 14.7. The van der Waals surface area contributed by atoms with Gasteiger partial charge in [-0.15, -0.1) is 0 Å². The average Bonchev–Trinajstić information content (AvgIpc) is 2.70. The van der Waals surface area contributed by atoms with Crippen LogP contribution in [0.3, 0.4) is 0 Å². The van der Waals surface area contributed by atoms with Crippen LogP contribution < -0.4 is 11.3 Å². The van der Waals surface area contributed by atoms with Gasteiger partial charge in [-0.25, -0.2) is 0 Å². The van der Waals surface area contributed by atoms with Crippen LogP contribution >= 0.6 is 0 Å². The van der Waals surface area contributed by atoms with Crippen LogP contribution in [-0.4, -0.2) is 60.0 Å². The minimum absolute atomic E-state index is 0.0121. The van der Waals surface area contributed by atoms with Gasteiger partial charge in [-0.2, -0.15) is 0 Å². The van der Waals surface area contributed by atoms with Crippen LogP contribution in [0.4, 0.5) is 0 Å². The first-order valence-electron chi connectivity index (χ1n) is 7.11. The number of nitrogens with zero attached hydrogens (tertiary/aromatic N) is 2. The highest BCUT2D eigenvalue weighted by atomic mass is 16.2. The first-order valence-corrected chi connectivity index (χ1v) is 7.11. The van der Waals surface area contributed by atoms with E-state index in [1.807, 2.05) is 4.90 Å². The van der Waals surface area contributed by atoms with E-state index < -0.39 is 0 Å². The molecule has 1 fully saturated rings. The summed E-state index contributed by atoms with van der Waals surface area (Å²) in [6.45, 7) is 5.08. The van der Waals surface area contributed by atoms with Crippen molar-refractivity contribution >= 4 is 5.91 Å². The summed E-state index contributed by atoms with van der Waals surface area (Å²) in [6, 6.07) is 2.97. The molecule has 0 saturated carbocycles. The van der Waals surface area contributed by atoms with Gasteiger partial charge in [0.2, 0.25) is 5.56 Å². The Kier molecular flexibility index (Phi) is 5.31. The van der Waals surface area contributed by atoms with Crippen molar-refractivity contribution in [1.82, 2.24) is 14.8 Å². The second-order valence-corrected chi connectivity index (χ2v) is 5.07. The Balaban J connectivity index is 1.94. The van der Waals surface area contributed by atoms with Crippen LogP contribution in [0.25, 0.3) is 0 Å². The van der Waals surface area contributed by atoms with E-state index in [1.54, 1.807) is 6.07 Å². The molecular formula is C14H22N4O2. The number of hydrogen-bond acceptors (Lipinski definition) is 4. The maximum atomic E-state index is 12.3. The van der Waals surface area contributed by atoms with E-state index in [0.717, 1.165) is 45.6 Å². The summed E-state index contributed by atoms with van der Waals surface area (Å²) in [4.78, 5) is 30.1. The van der Waals surface area contributed by atoms with Gasteiger partial charge >= 0.3 is 0 Å². The number of amides is 1. The predicted molar refractivity (Wildman–Crippen MR) is 77.7 cm³/mol. The summed E-state index contributed by atoms with van der Waals surface area (Å²) < 4.78 is 0. The van der Waals surface area contributed by atoms with Gasteiger partial charge in [0.1, 0.15) is 0 Å². The third-order valence-corrected chi connectivity index (χ3v) is 3.59. The van der Waals surface area contributed by atoms with E-state index in [9.17, 15) is 9.59 Å². The fraction of sp³-hybridized carbons (Fsp3) is 0.571. The molecule has 1 aliphatic rings. The number of rotatable bonds is 4. The van der Waals surface area contributed by atoms with Crippen LogP contribution in [-0.2, 0) is 0 Å². The van der Waals surface area contributed by atoms with E-state index in [4.69, 9.17) is 5.73 Å². The van der Waals surface area contributed by atoms with Gasteiger partial charge in [-0.1, -0.05) is 0 Å². The molecule has 0 atom stereocenters. The molecule has 0 spiro atoms. The molecule has 0 aliphatic carbocycles. The Morgan fingerprint density at radius 1 is 1.25 bits per heavy atom. The standard InChI is InChI=1S/C14H22N4O2/c15-5-1-6-17-7-2-8-18(10-9-17)14(20)12-3-4-13(19)16-11-12/h3-4,11H,1-2,5-10,15H2,(H,16,19). The largest absolute Gasteiger partial charge is 0.337 e. The van der Waals surface area contributed by atoms with Crippen LogP contribution in [0, 0.1) is 0 Å². The van der Waals surface area contributed by atoms with Gasteiger partial charge in [0.05, 0.1) is 5.56 Å². The molecule has 1 saturated heterocycles. The van der Waals surface area contributed by atoms with E-state index >= 15 is 0 Å². The number of carbonyl (C=O) groups excluding carboxylic acids is 1. The zero-order chi connectivity index (χ0) is 14.4.